The Hall–Kier alpha value is -3.53. The van der Waals surface area contributed by atoms with E-state index in [4.69, 9.17) is 4.74 Å². The summed E-state index contributed by atoms with van der Waals surface area (Å²) in [5.41, 5.74) is 1.62. The van der Waals surface area contributed by atoms with Gasteiger partial charge in [0.1, 0.15) is 23.4 Å². The number of ether oxygens (including phenoxy) is 1. The van der Waals surface area contributed by atoms with Gasteiger partial charge in [-0.2, -0.15) is 0 Å². The number of aliphatic hydroxyl groups is 2. The van der Waals surface area contributed by atoms with Crippen molar-refractivity contribution in [2.45, 2.75) is 25.5 Å². The molecule has 0 aliphatic carbocycles. The van der Waals surface area contributed by atoms with Gasteiger partial charge in [0.25, 0.3) is 0 Å². The van der Waals surface area contributed by atoms with Crippen LogP contribution in [0.3, 0.4) is 0 Å². The Morgan fingerprint density at radius 1 is 1.11 bits per heavy atom. The summed E-state index contributed by atoms with van der Waals surface area (Å²) in [6.07, 6.45) is -1.16. The van der Waals surface area contributed by atoms with Crippen molar-refractivity contribution in [1.82, 2.24) is 20.5 Å². The first-order chi connectivity index (χ1) is 17.2. The fourth-order valence-corrected chi connectivity index (χ4v) is 3.94. The van der Waals surface area contributed by atoms with Gasteiger partial charge in [0, 0.05) is 31.7 Å². The quantitative estimate of drug-likeness (QED) is 0.400. The molecule has 1 atom stereocenters. The number of rotatable bonds is 7. The molecule has 3 aromatic rings. The van der Waals surface area contributed by atoms with Crippen LogP contribution in [0.1, 0.15) is 31.2 Å². The molecule has 0 unspecified atom stereocenters. The van der Waals surface area contributed by atoms with Crippen molar-refractivity contribution in [3.63, 3.8) is 0 Å². The van der Waals surface area contributed by atoms with Crippen LogP contribution in [0.15, 0.2) is 60.7 Å². The molecule has 4 N–H and O–H groups in total. The Kier molecular flexibility index (Phi) is 7.83. The van der Waals surface area contributed by atoms with Crippen molar-refractivity contribution in [3.05, 3.63) is 77.7 Å². The van der Waals surface area contributed by atoms with E-state index in [9.17, 15) is 19.4 Å². The van der Waals surface area contributed by atoms with Crippen molar-refractivity contribution in [2.75, 3.05) is 32.8 Å². The summed E-state index contributed by atoms with van der Waals surface area (Å²) in [5, 5.41) is 26.2. The number of halogens is 1. The third-order valence-corrected chi connectivity index (χ3v) is 6.10. The molecule has 2 aromatic carbocycles. The number of amides is 2. The number of piperazine rings is 1. The van der Waals surface area contributed by atoms with Gasteiger partial charge in [-0.15, -0.1) is 0 Å². The number of urea groups is 1. The van der Waals surface area contributed by atoms with E-state index in [-0.39, 0.29) is 11.8 Å². The molecule has 36 heavy (non-hydrogen) atoms. The van der Waals surface area contributed by atoms with Gasteiger partial charge >= 0.3 is 6.03 Å². The number of hydrogen-bond donors (Lipinski definition) is 4. The second kappa shape index (κ2) is 11.0. The molecule has 0 spiro atoms. The third kappa shape index (κ3) is 6.17. The zero-order chi connectivity index (χ0) is 25.7. The molecule has 2 amide bonds. The number of nitrogens with one attached hydrogen (secondary N) is 2. The Morgan fingerprint density at radius 3 is 2.33 bits per heavy atom. The highest BCUT2D eigenvalue weighted by Gasteiger charge is 2.28. The maximum atomic E-state index is 13.1. The van der Waals surface area contributed by atoms with Crippen LogP contribution in [-0.4, -0.2) is 58.9 Å². The van der Waals surface area contributed by atoms with Gasteiger partial charge in [0.2, 0.25) is 0 Å². The average Bonchev–Trinajstić information content (AvgIpc) is 2.90. The van der Waals surface area contributed by atoms with Crippen molar-refractivity contribution in [1.29, 1.82) is 0 Å². The van der Waals surface area contributed by atoms with Gasteiger partial charge in [0.05, 0.1) is 23.5 Å². The molecule has 1 aromatic heterocycles. The number of carbonyl (C=O) groups is 1. The van der Waals surface area contributed by atoms with E-state index in [1.54, 1.807) is 35.2 Å². The van der Waals surface area contributed by atoms with E-state index in [1.807, 2.05) is 32.0 Å². The molecule has 190 valence electrons. The van der Waals surface area contributed by atoms with Gasteiger partial charge in [0.15, 0.2) is 0 Å². The van der Waals surface area contributed by atoms with E-state index >= 15 is 0 Å². The van der Waals surface area contributed by atoms with Gasteiger partial charge in [-0.25, -0.2) is 14.2 Å². The first-order valence-corrected chi connectivity index (χ1v) is 11.9. The van der Waals surface area contributed by atoms with Gasteiger partial charge in [-0.3, -0.25) is 0 Å². The van der Waals surface area contributed by atoms with Crippen LogP contribution < -0.4 is 15.4 Å². The third-order valence-electron chi connectivity index (χ3n) is 6.10. The molecule has 2 heterocycles. The molecule has 0 saturated carbocycles. The van der Waals surface area contributed by atoms with Crippen LogP contribution >= 0.6 is 0 Å². The second-order valence-electron chi connectivity index (χ2n) is 9.24. The van der Waals surface area contributed by atoms with E-state index in [2.05, 4.69) is 15.6 Å². The summed E-state index contributed by atoms with van der Waals surface area (Å²) in [6.45, 7) is 6.06. The highest BCUT2D eigenvalue weighted by molar-refractivity contribution is 5.75. The molecule has 1 aliphatic heterocycles. The molecule has 8 nitrogen and oxygen atoms in total. The molecule has 9 heteroatoms. The first-order valence-electron chi connectivity index (χ1n) is 11.9. The lowest BCUT2D eigenvalue weighted by Crippen LogP contribution is -2.54. The van der Waals surface area contributed by atoms with E-state index in [1.165, 1.54) is 12.1 Å². The summed E-state index contributed by atoms with van der Waals surface area (Å²) in [4.78, 5) is 19.2. The average molecular weight is 495 g/mol. The number of hydrogen-bond acceptors (Lipinski definition) is 6. The van der Waals surface area contributed by atoms with Crippen LogP contribution in [0.25, 0.3) is 11.3 Å². The molecule has 4 rings (SSSR count). The van der Waals surface area contributed by atoms with E-state index < -0.39 is 18.2 Å². The molecule has 1 saturated heterocycles. The Morgan fingerprint density at radius 2 is 1.72 bits per heavy atom. The standard InChI is InChI=1S/C27H31FN4O4/c1-27(2,31-26(35)32-13-11-29-12-14-32)19-15-23(30-24(16-19)25(34)17-33)18-3-7-21(8-4-18)36-22-9-5-20(28)6-10-22/h3-10,15-16,25,29,33-34H,11-14,17H2,1-2H3,(H,31,35)/t25-/m0/s1. The van der Waals surface area contributed by atoms with Crippen molar-refractivity contribution in [3.8, 4) is 22.8 Å². The predicted molar refractivity (Wildman–Crippen MR) is 134 cm³/mol. The summed E-state index contributed by atoms with van der Waals surface area (Å²) in [5.74, 6) is 0.747. The number of aliphatic hydroxyl groups excluding tert-OH is 2. The zero-order valence-corrected chi connectivity index (χ0v) is 20.4. The minimum absolute atomic E-state index is 0.161. The van der Waals surface area contributed by atoms with Crippen LogP contribution in [-0.2, 0) is 5.54 Å². The lowest BCUT2D eigenvalue weighted by Gasteiger charge is -2.34. The maximum absolute atomic E-state index is 13.1. The zero-order valence-electron chi connectivity index (χ0n) is 20.4. The minimum atomic E-state index is -1.16. The Bertz CT molecular complexity index is 1180. The van der Waals surface area contributed by atoms with E-state index in [0.717, 1.165) is 24.2 Å². The fraction of sp³-hybridized carbons (Fsp3) is 0.333. The lowest BCUT2D eigenvalue weighted by molar-refractivity contribution is 0.0922. The topological polar surface area (TPSA) is 107 Å². The van der Waals surface area contributed by atoms with Gasteiger partial charge in [-0.1, -0.05) is 0 Å². The summed E-state index contributed by atoms with van der Waals surface area (Å²) >= 11 is 0. The van der Waals surface area contributed by atoms with Crippen molar-refractivity contribution < 1.29 is 24.1 Å². The highest BCUT2D eigenvalue weighted by Crippen LogP contribution is 2.30. The lowest BCUT2D eigenvalue weighted by atomic mass is 9.92. The normalized spacial score (nSPS) is 14.9. The van der Waals surface area contributed by atoms with E-state index in [0.29, 0.717) is 36.0 Å². The highest BCUT2D eigenvalue weighted by atomic mass is 19.1. The number of benzene rings is 2. The number of carbonyl (C=O) groups excluding carboxylic acids is 1. The Balaban J connectivity index is 1.59. The SMILES string of the molecule is CC(C)(NC(=O)N1CCNCC1)c1cc(-c2ccc(Oc3ccc(F)cc3)cc2)nc([C@@H](O)CO)c1. The van der Waals surface area contributed by atoms with Crippen molar-refractivity contribution in [2.24, 2.45) is 0 Å². The molecule has 1 fully saturated rings. The maximum Gasteiger partial charge on any atom is 0.318 e. The Labute approximate surface area is 209 Å². The molecular weight excluding hydrogens is 463 g/mol. The van der Waals surface area contributed by atoms with Crippen LogP contribution in [0, 0.1) is 5.82 Å². The predicted octanol–water partition coefficient (Wildman–Crippen LogP) is 3.56. The summed E-state index contributed by atoms with van der Waals surface area (Å²) in [7, 11) is 0. The summed E-state index contributed by atoms with van der Waals surface area (Å²) in [6, 6.07) is 16.4. The molecule has 1 aliphatic rings. The number of pyridine rings is 1. The number of aromatic nitrogens is 1. The van der Waals surface area contributed by atoms with Gasteiger partial charge < -0.3 is 30.5 Å². The van der Waals surface area contributed by atoms with Crippen molar-refractivity contribution >= 4 is 6.03 Å². The monoisotopic (exact) mass is 494 g/mol. The molecule has 0 radical (unpaired) electrons. The van der Waals surface area contributed by atoms with Crippen LogP contribution in [0.4, 0.5) is 9.18 Å². The fourth-order valence-electron chi connectivity index (χ4n) is 3.94. The summed E-state index contributed by atoms with van der Waals surface area (Å²) < 4.78 is 18.9. The molecular formula is C27H31FN4O4. The van der Waals surface area contributed by atoms with Gasteiger partial charge in [-0.05, 0) is 80.1 Å². The smallest absolute Gasteiger partial charge is 0.318 e. The number of nitrogens with zero attached hydrogens (tertiary/aromatic N) is 2. The first kappa shape index (κ1) is 25.6. The van der Waals surface area contributed by atoms with Crippen LogP contribution in [0.2, 0.25) is 0 Å². The molecule has 0 bridgehead atoms. The van der Waals surface area contributed by atoms with Crippen LogP contribution in [0.5, 0.6) is 11.5 Å². The second-order valence-corrected chi connectivity index (χ2v) is 9.24. The largest absolute Gasteiger partial charge is 0.457 e. The minimum Gasteiger partial charge on any atom is -0.457 e.